The first-order valence-corrected chi connectivity index (χ1v) is 9.72. The molecule has 1 heterocycles. The molecule has 0 fully saturated rings. The molecule has 5 heteroatoms. The Balaban J connectivity index is 1.85. The Kier molecular flexibility index (Phi) is 5.50. The van der Waals surface area contributed by atoms with Gasteiger partial charge in [0.25, 0.3) is 0 Å². The molecule has 1 aromatic heterocycles. The molecule has 0 aliphatic rings. The van der Waals surface area contributed by atoms with Crippen molar-refractivity contribution in [3.63, 3.8) is 0 Å². The third-order valence-corrected chi connectivity index (χ3v) is 5.10. The van der Waals surface area contributed by atoms with Crippen LogP contribution in [0, 0.1) is 0 Å². The monoisotopic (exact) mass is 415 g/mol. The van der Waals surface area contributed by atoms with Crippen LogP contribution in [0.1, 0.15) is 21.6 Å². The van der Waals surface area contributed by atoms with E-state index in [4.69, 9.17) is 11.6 Å². The zero-order chi connectivity index (χ0) is 21.1. The van der Waals surface area contributed by atoms with Crippen molar-refractivity contribution in [2.45, 2.75) is 0 Å². The third kappa shape index (κ3) is 3.78. The summed E-state index contributed by atoms with van der Waals surface area (Å²) in [5, 5.41) is 2.35. The predicted octanol–water partition coefficient (Wildman–Crippen LogP) is 5.70. The lowest BCUT2D eigenvalue weighted by molar-refractivity contribution is -0.134. The number of hydrogen-bond acceptors (Lipinski definition) is 3. The first-order chi connectivity index (χ1) is 14.6. The van der Waals surface area contributed by atoms with E-state index in [0.717, 1.165) is 16.5 Å². The minimum atomic E-state index is -0.453. The minimum absolute atomic E-state index is 0.124. The molecule has 0 bridgehead atoms. The number of rotatable bonds is 5. The van der Waals surface area contributed by atoms with E-state index in [0.29, 0.717) is 21.8 Å². The highest BCUT2D eigenvalue weighted by Gasteiger charge is 2.18. The highest BCUT2D eigenvalue weighted by atomic mass is 35.5. The summed E-state index contributed by atoms with van der Waals surface area (Å²) in [6, 6.07) is 22.4. The molecule has 4 aromatic rings. The van der Waals surface area contributed by atoms with Gasteiger partial charge in [0.05, 0.1) is 12.8 Å². The van der Waals surface area contributed by atoms with Gasteiger partial charge in [-0.2, -0.15) is 0 Å². The standard InChI is InChI=1S/C25H18ClNO3/c1-30-24(28)14-12-19-8-5-15-27(19)23-13-11-18(26)16-22(23)25(29)21-10-4-7-17-6-2-3-9-20(17)21/h2-16H,1H3. The summed E-state index contributed by atoms with van der Waals surface area (Å²) in [5.41, 5.74) is 2.49. The Morgan fingerprint density at radius 1 is 0.933 bits per heavy atom. The fourth-order valence-corrected chi connectivity index (χ4v) is 3.61. The van der Waals surface area contributed by atoms with Crippen molar-refractivity contribution in [3.05, 3.63) is 107 Å². The maximum Gasteiger partial charge on any atom is 0.330 e. The number of carbonyl (C=O) groups is 2. The number of aromatic nitrogens is 1. The van der Waals surface area contributed by atoms with E-state index < -0.39 is 5.97 Å². The van der Waals surface area contributed by atoms with Crippen molar-refractivity contribution in [2.75, 3.05) is 7.11 Å². The fourth-order valence-electron chi connectivity index (χ4n) is 3.44. The van der Waals surface area contributed by atoms with Gasteiger partial charge in [-0.1, -0.05) is 54.1 Å². The first kappa shape index (κ1) is 19.7. The summed E-state index contributed by atoms with van der Waals surface area (Å²) in [6.45, 7) is 0. The number of methoxy groups -OCH3 is 1. The number of hydrogen-bond donors (Lipinski definition) is 0. The molecular formula is C25H18ClNO3. The van der Waals surface area contributed by atoms with Crippen molar-refractivity contribution in [1.82, 2.24) is 4.57 Å². The van der Waals surface area contributed by atoms with E-state index in [1.165, 1.54) is 13.2 Å². The molecule has 0 unspecified atom stereocenters. The largest absolute Gasteiger partial charge is 0.466 e. The van der Waals surface area contributed by atoms with Crippen LogP contribution in [0.25, 0.3) is 22.5 Å². The van der Waals surface area contributed by atoms with Crippen molar-refractivity contribution < 1.29 is 14.3 Å². The van der Waals surface area contributed by atoms with E-state index in [1.54, 1.807) is 24.3 Å². The number of benzene rings is 3. The van der Waals surface area contributed by atoms with E-state index >= 15 is 0 Å². The Hall–Kier alpha value is -3.63. The number of esters is 1. The number of halogens is 1. The Morgan fingerprint density at radius 2 is 1.73 bits per heavy atom. The zero-order valence-corrected chi connectivity index (χ0v) is 17.0. The van der Waals surface area contributed by atoms with Crippen molar-refractivity contribution in [1.29, 1.82) is 0 Å². The molecule has 0 spiro atoms. The van der Waals surface area contributed by atoms with Gasteiger partial charge in [0.15, 0.2) is 5.78 Å². The van der Waals surface area contributed by atoms with Gasteiger partial charge in [-0.05, 0) is 47.2 Å². The highest BCUT2D eigenvalue weighted by Crippen LogP contribution is 2.28. The second kappa shape index (κ2) is 8.39. The number of ketones is 1. The second-order valence-electron chi connectivity index (χ2n) is 6.68. The van der Waals surface area contributed by atoms with Gasteiger partial charge in [-0.25, -0.2) is 4.79 Å². The summed E-state index contributed by atoms with van der Waals surface area (Å²) < 4.78 is 6.51. The molecule has 0 atom stereocenters. The fraction of sp³-hybridized carbons (Fsp3) is 0.0400. The molecular weight excluding hydrogens is 398 g/mol. The van der Waals surface area contributed by atoms with E-state index in [1.807, 2.05) is 65.4 Å². The Bertz CT molecular complexity index is 1280. The number of ether oxygens (including phenoxy) is 1. The Morgan fingerprint density at radius 3 is 2.57 bits per heavy atom. The average molecular weight is 416 g/mol. The van der Waals surface area contributed by atoms with E-state index in [9.17, 15) is 9.59 Å². The molecule has 0 saturated heterocycles. The number of fused-ring (bicyclic) bond motifs is 1. The molecule has 148 valence electrons. The SMILES string of the molecule is COC(=O)C=Cc1cccn1-c1ccc(Cl)cc1C(=O)c1cccc2ccccc12. The van der Waals surface area contributed by atoms with Gasteiger partial charge >= 0.3 is 5.97 Å². The van der Waals surface area contributed by atoms with Crippen molar-refractivity contribution in [2.24, 2.45) is 0 Å². The summed E-state index contributed by atoms with van der Waals surface area (Å²) in [7, 11) is 1.33. The van der Waals surface area contributed by atoms with Crippen LogP contribution in [0.4, 0.5) is 0 Å². The topological polar surface area (TPSA) is 48.3 Å². The van der Waals surface area contributed by atoms with Gasteiger partial charge in [0.2, 0.25) is 0 Å². The predicted molar refractivity (Wildman–Crippen MR) is 119 cm³/mol. The average Bonchev–Trinajstić information content (AvgIpc) is 3.25. The molecule has 0 aliphatic carbocycles. The third-order valence-electron chi connectivity index (χ3n) is 4.87. The van der Waals surface area contributed by atoms with Crippen LogP contribution in [0.15, 0.2) is 85.1 Å². The summed E-state index contributed by atoms with van der Waals surface area (Å²) in [4.78, 5) is 25.1. The lowest BCUT2D eigenvalue weighted by Crippen LogP contribution is -2.09. The zero-order valence-electron chi connectivity index (χ0n) is 16.2. The number of carbonyl (C=O) groups excluding carboxylic acids is 2. The lowest BCUT2D eigenvalue weighted by atomic mass is 9.96. The van der Waals surface area contributed by atoms with Gasteiger partial charge < -0.3 is 9.30 Å². The van der Waals surface area contributed by atoms with Crippen LogP contribution in [-0.4, -0.2) is 23.4 Å². The maximum atomic E-state index is 13.6. The maximum absolute atomic E-state index is 13.6. The molecule has 4 rings (SSSR count). The minimum Gasteiger partial charge on any atom is -0.466 e. The van der Waals surface area contributed by atoms with Gasteiger partial charge in [0, 0.05) is 34.1 Å². The van der Waals surface area contributed by atoms with Crippen molar-refractivity contribution in [3.8, 4) is 5.69 Å². The molecule has 0 amide bonds. The molecule has 0 N–H and O–H groups in total. The van der Waals surface area contributed by atoms with Crippen LogP contribution in [0.5, 0.6) is 0 Å². The molecule has 0 aliphatic heterocycles. The summed E-state index contributed by atoms with van der Waals surface area (Å²) >= 11 is 6.25. The van der Waals surface area contributed by atoms with Gasteiger partial charge in [-0.3, -0.25) is 4.79 Å². The smallest absolute Gasteiger partial charge is 0.330 e. The molecule has 4 nitrogen and oxygen atoms in total. The number of nitrogens with zero attached hydrogens (tertiary/aromatic N) is 1. The van der Waals surface area contributed by atoms with Crippen LogP contribution in [0.3, 0.4) is 0 Å². The van der Waals surface area contributed by atoms with Gasteiger partial charge in [0.1, 0.15) is 0 Å². The van der Waals surface area contributed by atoms with Crippen LogP contribution < -0.4 is 0 Å². The lowest BCUT2D eigenvalue weighted by Gasteiger charge is -2.14. The highest BCUT2D eigenvalue weighted by molar-refractivity contribution is 6.31. The summed E-state index contributed by atoms with van der Waals surface area (Å²) in [5.74, 6) is -0.577. The summed E-state index contributed by atoms with van der Waals surface area (Å²) in [6.07, 6.45) is 4.82. The van der Waals surface area contributed by atoms with Gasteiger partial charge in [-0.15, -0.1) is 0 Å². The van der Waals surface area contributed by atoms with Crippen LogP contribution >= 0.6 is 11.6 Å². The van der Waals surface area contributed by atoms with E-state index in [-0.39, 0.29) is 5.78 Å². The second-order valence-corrected chi connectivity index (χ2v) is 7.11. The normalized spacial score (nSPS) is 11.1. The quantitative estimate of drug-likeness (QED) is 0.238. The molecule has 30 heavy (non-hydrogen) atoms. The Labute approximate surface area is 179 Å². The van der Waals surface area contributed by atoms with Crippen LogP contribution in [0.2, 0.25) is 5.02 Å². The van der Waals surface area contributed by atoms with E-state index in [2.05, 4.69) is 4.74 Å². The van der Waals surface area contributed by atoms with Crippen molar-refractivity contribution >= 4 is 40.2 Å². The van der Waals surface area contributed by atoms with Crippen LogP contribution in [-0.2, 0) is 9.53 Å². The molecule has 0 radical (unpaired) electrons. The molecule has 0 saturated carbocycles. The first-order valence-electron chi connectivity index (χ1n) is 9.34. The molecule has 3 aromatic carbocycles.